The summed E-state index contributed by atoms with van der Waals surface area (Å²) in [7, 11) is -0.823. The maximum atomic E-state index is 12.4. The molecule has 0 saturated carbocycles. The van der Waals surface area contributed by atoms with Gasteiger partial charge in [-0.25, -0.2) is 0 Å². The first-order valence-electron chi connectivity index (χ1n) is 16.1. The summed E-state index contributed by atoms with van der Waals surface area (Å²) in [4.78, 5) is 24.8. The highest BCUT2D eigenvalue weighted by Crippen LogP contribution is 2.37. The number of hydrogen-bond donors (Lipinski definition) is 2. The van der Waals surface area contributed by atoms with E-state index >= 15 is 0 Å². The van der Waals surface area contributed by atoms with Crippen molar-refractivity contribution in [1.82, 2.24) is 0 Å². The molecule has 2 heterocycles. The summed E-state index contributed by atoms with van der Waals surface area (Å²) in [6.45, 7) is 16.3. The first kappa shape index (κ1) is 34.2. The number of benzene rings is 2. The lowest BCUT2D eigenvalue weighted by Gasteiger charge is -2.32. The van der Waals surface area contributed by atoms with Gasteiger partial charge in [-0.1, -0.05) is 49.9 Å². The normalized spacial score (nSPS) is 19.6. The van der Waals surface area contributed by atoms with Crippen molar-refractivity contribution in [1.29, 1.82) is 0 Å². The van der Waals surface area contributed by atoms with Crippen molar-refractivity contribution in [3.63, 3.8) is 0 Å². The second-order valence-corrected chi connectivity index (χ2v) is 14.1. The van der Waals surface area contributed by atoms with Gasteiger partial charge >= 0.3 is 14.2 Å². The zero-order valence-corrected chi connectivity index (χ0v) is 27.9. The second kappa shape index (κ2) is 13.8. The van der Waals surface area contributed by atoms with E-state index in [1.165, 1.54) is 0 Å². The van der Waals surface area contributed by atoms with Crippen LogP contribution in [0, 0.1) is 0 Å². The molecule has 8 nitrogen and oxygen atoms in total. The van der Waals surface area contributed by atoms with Crippen LogP contribution in [0.4, 0.5) is 11.4 Å². The first-order chi connectivity index (χ1) is 20.6. The van der Waals surface area contributed by atoms with Gasteiger partial charge in [-0.15, -0.1) is 0 Å². The van der Waals surface area contributed by atoms with Crippen LogP contribution < -0.4 is 21.6 Å². The fourth-order valence-electron chi connectivity index (χ4n) is 5.13. The molecule has 2 N–H and O–H groups in total. The van der Waals surface area contributed by atoms with Crippen molar-refractivity contribution in [3.8, 4) is 0 Å². The van der Waals surface area contributed by atoms with Crippen molar-refractivity contribution >= 4 is 48.4 Å². The monoisotopic (exact) mass is 604 g/mol. The molecule has 2 aromatic carbocycles. The van der Waals surface area contributed by atoms with Crippen molar-refractivity contribution in [3.05, 3.63) is 48.5 Å². The van der Waals surface area contributed by atoms with E-state index in [-0.39, 0.29) is 34.2 Å². The summed E-state index contributed by atoms with van der Waals surface area (Å²) in [5.41, 5.74) is 1.88. The van der Waals surface area contributed by atoms with E-state index in [2.05, 4.69) is 10.6 Å². The minimum absolute atomic E-state index is 0.0223. The zero-order chi connectivity index (χ0) is 32.2. The third-order valence-corrected chi connectivity index (χ3v) is 9.50. The highest BCUT2D eigenvalue weighted by Gasteiger charge is 2.52. The minimum atomic E-state index is -0.411. The fraction of sp³-hybridized carbons (Fsp3) is 0.588. The molecule has 2 saturated heterocycles. The number of hydrogen-bond acceptors (Lipinski definition) is 6. The molecule has 44 heavy (non-hydrogen) atoms. The fourth-order valence-corrected chi connectivity index (χ4v) is 5.13. The van der Waals surface area contributed by atoms with E-state index in [1.54, 1.807) is 0 Å². The van der Waals surface area contributed by atoms with Gasteiger partial charge in [0.05, 0.1) is 22.4 Å². The lowest BCUT2D eigenvalue weighted by atomic mass is 9.79. The summed E-state index contributed by atoms with van der Waals surface area (Å²) in [5.74, 6) is 0.0446. The van der Waals surface area contributed by atoms with Crippen LogP contribution in [-0.2, 0) is 28.2 Å². The zero-order valence-electron chi connectivity index (χ0n) is 27.9. The molecule has 2 fully saturated rings. The number of anilines is 2. The molecule has 0 unspecified atom stereocenters. The average Bonchev–Trinajstić information content (AvgIpc) is 3.30. The smallest absolute Gasteiger partial charge is 0.399 e. The molecule has 0 aliphatic carbocycles. The summed E-state index contributed by atoms with van der Waals surface area (Å²) < 4.78 is 24.4. The largest absolute Gasteiger partial charge is 0.494 e. The van der Waals surface area contributed by atoms with Crippen LogP contribution in [0.25, 0.3) is 0 Å². The Labute approximate surface area is 264 Å². The number of amides is 2. The average molecular weight is 604 g/mol. The van der Waals surface area contributed by atoms with Gasteiger partial charge in [-0.05, 0) is 103 Å². The van der Waals surface area contributed by atoms with Crippen LogP contribution in [0.5, 0.6) is 0 Å². The van der Waals surface area contributed by atoms with Gasteiger partial charge < -0.3 is 29.3 Å². The van der Waals surface area contributed by atoms with E-state index in [0.29, 0.717) is 12.8 Å². The van der Waals surface area contributed by atoms with Crippen LogP contribution in [-0.4, -0.2) is 48.5 Å². The van der Waals surface area contributed by atoms with Crippen LogP contribution in [0.15, 0.2) is 48.5 Å². The SMILES string of the molecule is CC1(C)OB(c2ccc(NC(=O)CCCCCCCCC(=O)Nc3ccc(B4OC(C)(C)C(C)(C)O4)cc3)cc2)OC1(C)C. The number of rotatable bonds is 13. The lowest BCUT2D eigenvalue weighted by molar-refractivity contribution is -0.117. The van der Waals surface area contributed by atoms with Crippen molar-refractivity contribution in [2.24, 2.45) is 0 Å². The molecule has 0 radical (unpaired) electrons. The maximum Gasteiger partial charge on any atom is 0.494 e. The molecule has 2 aliphatic heterocycles. The lowest BCUT2D eigenvalue weighted by Crippen LogP contribution is -2.41. The Bertz CT molecular complexity index is 1150. The number of carbonyl (C=O) groups excluding carboxylic acids is 2. The highest BCUT2D eigenvalue weighted by molar-refractivity contribution is 6.62. The van der Waals surface area contributed by atoms with Crippen molar-refractivity contribution in [2.45, 2.75) is 129 Å². The Kier molecular flexibility index (Phi) is 10.7. The van der Waals surface area contributed by atoms with Gasteiger partial charge in [-0.3, -0.25) is 9.59 Å². The van der Waals surface area contributed by atoms with E-state index in [9.17, 15) is 9.59 Å². The molecule has 0 bridgehead atoms. The highest BCUT2D eigenvalue weighted by atomic mass is 16.7. The Morgan fingerprint density at radius 1 is 0.500 bits per heavy atom. The predicted molar refractivity (Wildman–Crippen MR) is 179 cm³/mol. The molecule has 10 heteroatoms. The molecular weight excluding hydrogens is 554 g/mol. The summed E-state index contributed by atoms with van der Waals surface area (Å²) in [6, 6.07) is 15.3. The molecule has 4 rings (SSSR count). The molecule has 2 aromatic rings. The first-order valence-corrected chi connectivity index (χ1v) is 16.1. The van der Waals surface area contributed by atoms with Crippen molar-refractivity contribution < 1.29 is 28.2 Å². The Morgan fingerprint density at radius 3 is 1.07 bits per heavy atom. The van der Waals surface area contributed by atoms with E-state index in [4.69, 9.17) is 18.6 Å². The standard InChI is InChI=1S/C34H50B2N2O6/c1-31(2)32(3,4)42-35(41-31)25-17-21-27(22-18-25)37-29(39)15-13-11-9-10-12-14-16-30(40)38-28-23-19-26(20-24-28)36-43-33(5,6)34(7,8)44-36/h17-24H,9-16H2,1-8H3,(H,37,39)(H,38,40). The Balaban J connectivity index is 1.04. The molecule has 2 aliphatic rings. The van der Waals surface area contributed by atoms with E-state index < -0.39 is 14.2 Å². The summed E-state index contributed by atoms with van der Waals surface area (Å²) >= 11 is 0. The van der Waals surface area contributed by atoms with Gasteiger partial charge in [0.1, 0.15) is 0 Å². The van der Waals surface area contributed by atoms with Crippen molar-refractivity contribution in [2.75, 3.05) is 10.6 Å². The number of nitrogens with one attached hydrogen (secondary N) is 2. The molecule has 2 amide bonds. The molecule has 0 atom stereocenters. The quantitative estimate of drug-likeness (QED) is 0.216. The number of carbonyl (C=O) groups is 2. The third kappa shape index (κ3) is 8.53. The summed E-state index contributed by atoms with van der Waals surface area (Å²) in [6.07, 6.45) is 6.78. The van der Waals surface area contributed by atoms with E-state index in [1.807, 2.05) is 104 Å². The van der Waals surface area contributed by atoms with Crippen LogP contribution in [0.3, 0.4) is 0 Å². The molecule has 238 valence electrons. The summed E-state index contributed by atoms with van der Waals surface area (Å²) in [5, 5.41) is 5.96. The topological polar surface area (TPSA) is 95.1 Å². The Morgan fingerprint density at radius 2 is 0.773 bits per heavy atom. The second-order valence-electron chi connectivity index (χ2n) is 14.1. The van der Waals surface area contributed by atoms with Gasteiger partial charge in [0, 0.05) is 24.2 Å². The Hall–Kier alpha value is -2.65. The third-order valence-electron chi connectivity index (χ3n) is 9.50. The van der Waals surface area contributed by atoms with Gasteiger partial charge in [0.15, 0.2) is 0 Å². The van der Waals surface area contributed by atoms with Crippen LogP contribution in [0.2, 0.25) is 0 Å². The van der Waals surface area contributed by atoms with E-state index in [0.717, 1.165) is 60.8 Å². The molecular formula is C34H50B2N2O6. The van der Waals surface area contributed by atoms with Crippen LogP contribution in [0.1, 0.15) is 107 Å². The number of unbranched alkanes of at least 4 members (excludes halogenated alkanes) is 5. The van der Waals surface area contributed by atoms with Gasteiger partial charge in [0.25, 0.3) is 0 Å². The van der Waals surface area contributed by atoms with Gasteiger partial charge in [0.2, 0.25) is 11.8 Å². The molecule has 0 spiro atoms. The van der Waals surface area contributed by atoms with Gasteiger partial charge in [-0.2, -0.15) is 0 Å². The maximum absolute atomic E-state index is 12.4. The predicted octanol–water partition coefficient (Wildman–Crippen LogP) is 5.98. The van der Waals surface area contributed by atoms with Crippen LogP contribution >= 0.6 is 0 Å². The molecule has 0 aromatic heterocycles. The minimum Gasteiger partial charge on any atom is -0.399 e.